The predicted octanol–water partition coefficient (Wildman–Crippen LogP) is 1.69. The lowest BCUT2D eigenvalue weighted by Crippen LogP contribution is -2.09. The van der Waals surface area contributed by atoms with Crippen molar-refractivity contribution in [1.82, 2.24) is 4.98 Å². The quantitative estimate of drug-likeness (QED) is 0.826. The fraction of sp³-hybridized carbons (Fsp3) is 0.273. The SMILES string of the molecule is COS(=O)(=O)CCc1c[nH]c2ccccc12. The predicted molar refractivity (Wildman–Crippen MR) is 62.8 cm³/mol. The molecule has 0 aliphatic heterocycles. The number of aryl methyl sites for hydroxylation is 1. The van der Waals surface area contributed by atoms with Crippen LogP contribution < -0.4 is 0 Å². The highest BCUT2D eigenvalue weighted by molar-refractivity contribution is 7.86. The third-order valence-corrected chi connectivity index (χ3v) is 3.76. The molecule has 16 heavy (non-hydrogen) atoms. The van der Waals surface area contributed by atoms with Crippen LogP contribution in [0, 0.1) is 0 Å². The molecule has 0 fully saturated rings. The van der Waals surface area contributed by atoms with Crippen molar-refractivity contribution >= 4 is 21.0 Å². The van der Waals surface area contributed by atoms with Crippen LogP contribution in [0.2, 0.25) is 0 Å². The molecular formula is C11H13NO3S. The van der Waals surface area contributed by atoms with E-state index in [4.69, 9.17) is 0 Å². The topological polar surface area (TPSA) is 59.2 Å². The Morgan fingerprint density at radius 3 is 2.81 bits per heavy atom. The highest BCUT2D eigenvalue weighted by Crippen LogP contribution is 2.18. The Labute approximate surface area is 94.4 Å². The zero-order valence-electron chi connectivity index (χ0n) is 8.93. The van der Waals surface area contributed by atoms with E-state index in [0.29, 0.717) is 6.42 Å². The number of H-pyrrole nitrogens is 1. The number of aromatic nitrogens is 1. The van der Waals surface area contributed by atoms with Crippen molar-refractivity contribution in [3.63, 3.8) is 0 Å². The molecule has 1 aromatic carbocycles. The van der Waals surface area contributed by atoms with Gasteiger partial charge >= 0.3 is 0 Å². The second-order valence-corrected chi connectivity index (χ2v) is 5.39. The van der Waals surface area contributed by atoms with Gasteiger partial charge in [0.2, 0.25) is 0 Å². The standard InChI is InChI=1S/C11H13NO3S/c1-15-16(13,14)7-6-9-8-12-11-5-3-2-4-10(9)11/h2-5,8,12H,6-7H2,1H3. The van der Waals surface area contributed by atoms with E-state index >= 15 is 0 Å². The van der Waals surface area contributed by atoms with E-state index in [1.165, 1.54) is 7.11 Å². The Kier molecular flexibility index (Phi) is 2.98. The molecule has 1 aromatic heterocycles. The smallest absolute Gasteiger partial charge is 0.267 e. The summed E-state index contributed by atoms with van der Waals surface area (Å²) in [6.45, 7) is 0. The van der Waals surface area contributed by atoms with Crippen molar-refractivity contribution in [2.24, 2.45) is 0 Å². The second-order valence-electron chi connectivity index (χ2n) is 3.54. The van der Waals surface area contributed by atoms with E-state index in [1.807, 2.05) is 30.5 Å². The second kappa shape index (κ2) is 4.27. The lowest BCUT2D eigenvalue weighted by Gasteiger charge is -2.00. The number of benzene rings is 1. The monoisotopic (exact) mass is 239 g/mol. The molecule has 0 unspecified atom stereocenters. The highest BCUT2D eigenvalue weighted by Gasteiger charge is 2.10. The van der Waals surface area contributed by atoms with E-state index in [2.05, 4.69) is 9.17 Å². The number of hydrogen-bond donors (Lipinski definition) is 1. The van der Waals surface area contributed by atoms with Gasteiger partial charge in [0.05, 0.1) is 12.9 Å². The molecule has 0 saturated heterocycles. The summed E-state index contributed by atoms with van der Waals surface area (Å²) in [5.74, 6) is 0.00531. The van der Waals surface area contributed by atoms with Gasteiger partial charge in [-0.05, 0) is 18.1 Å². The first kappa shape index (κ1) is 11.2. The van der Waals surface area contributed by atoms with Crippen molar-refractivity contribution in [3.05, 3.63) is 36.0 Å². The molecule has 0 saturated carbocycles. The molecular weight excluding hydrogens is 226 g/mol. The Morgan fingerprint density at radius 1 is 1.31 bits per heavy atom. The van der Waals surface area contributed by atoms with Gasteiger partial charge < -0.3 is 4.98 Å². The number of aromatic amines is 1. The van der Waals surface area contributed by atoms with Gasteiger partial charge in [-0.15, -0.1) is 0 Å². The van der Waals surface area contributed by atoms with Gasteiger partial charge in [0.15, 0.2) is 0 Å². The molecule has 0 spiro atoms. The maximum Gasteiger partial charge on any atom is 0.267 e. The Bertz CT molecular complexity index is 586. The fourth-order valence-electron chi connectivity index (χ4n) is 1.66. The Morgan fingerprint density at radius 2 is 2.06 bits per heavy atom. The molecule has 0 bridgehead atoms. The first-order valence-electron chi connectivity index (χ1n) is 4.96. The number of para-hydroxylation sites is 1. The van der Waals surface area contributed by atoms with E-state index in [1.54, 1.807) is 0 Å². The number of rotatable bonds is 4. The third kappa shape index (κ3) is 2.25. The van der Waals surface area contributed by atoms with Crippen LogP contribution in [0.3, 0.4) is 0 Å². The largest absolute Gasteiger partial charge is 0.361 e. The zero-order valence-corrected chi connectivity index (χ0v) is 9.75. The molecule has 0 amide bonds. The van der Waals surface area contributed by atoms with Crippen molar-refractivity contribution in [2.45, 2.75) is 6.42 Å². The maximum atomic E-state index is 11.2. The summed E-state index contributed by atoms with van der Waals surface area (Å²) >= 11 is 0. The molecule has 4 nitrogen and oxygen atoms in total. The molecule has 5 heteroatoms. The molecule has 0 radical (unpaired) electrons. The average Bonchev–Trinajstić information content (AvgIpc) is 2.70. The van der Waals surface area contributed by atoms with Crippen LogP contribution >= 0.6 is 0 Å². The van der Waals surface area contributed by atoms with Gasteiger partial charge in [0.25, 0.3) is 10.1 Å². The summed E-state index contributed by atoms with van der Waals surface area (Å²) in [4.78, 5) is 3.11. The Balaban J connectivity index is 2.22. The summed E-state index contributed by atoms with van der Waals surface area (Å²) in [7, 11) is -2.19. The first-order valence-corrected chi connectivity index (χ1v) is 6.53. The van der Waals surface area contributed by atoms with E-state index < -0.39 is 10.1 Å². The third-order valence-electron chi connectivity index (χ3n) is 2.55. The minimum absolute atomic E-state index is 0.00531. The zero-order chi connectivity index (χ0) is 11.6. The molecule has 0 aliphatic rings. The maximum absolute atomic E-state index is 11.2. The molecule has 1 heterocycles. The van der Waals surface area contributed by atoms with Gasteiger partial charge in [-0.2, -0.15) is 8.42 Å². The number of fused-ring (bicyclic) bond motifs is 1. The number of nitrogens with one attached hydrogen (secondary N) is 1. The minimum Gasteiger partial charge on any atom is -0.361 e. The van der Waals surface area contributed by atoms with Crippen LogP contribution in [-0.2, 0) is 20.7 Å². The van der Waals surface area contributed by atoms with Gasteiger partial charge in [-0.3, -0.25) is 4.18 Å². The van der Waals surface area contributed by atoms with Crippen LogP contribution in [0.5, 0.6) is 0 Å². The van der Waals surface area contributed by atoms with E-state index in [0.717, 1.165) is 16.5 Å². The Hall–Kier alpha value is -1.33. The van der Waals surface area contributed by atoms with Gasteiger partial charge in [-0.1, -0.05) is 18.2 Å². The lowest BCUT2D eigenvalue weighted by molar-refractivity contribution is 0.397. The van der Waals surface area contributed by atoms with Crippen LogP contribution in [-0.4, -0.2) is 26.3 Å². The van der Waals surface area contributed by atoms with Gasteiger partial charge in [-0.25, -0.2) is 0 Å². The van der Waals surface area contributed by atoms with Gasteiger partial charge in [0, 0.05) is 17.1 Å². The van der Waals surface area contributed by atoms with Crippen molar-refractivity contribution < 1.29 is 12.6 Å². The molecule has 0 atom stereocenters. The first-order chi connectivity index (χ1) is 7.62. The lowest BCUT2D eigenvalue weighted by atomic mass is 10.1. The van der Waals surface area contributed by atoms with Crippen LogP contribution in [0.25, 0.3) is 10.9 Å². The summed E-state index contributed by atoms with van der Waals surface area (Å²) in [6.07, 6.45) is 2.30. The summed E-state index contributed by atoms with van der Waals surface area (Å²) in [5.41, 5.74) is 2.02. The van der Waals surface area contributed by atoms with Crippen LogP contribution in [0.4, 0.5) is 0 Å². The average molecular weight is 239 g/mol. The summed E-state index contributed by atoms with van der Waals surface area (Å²) in [6, 6.07) is 7.81. The van der Waals surface area contributed by atoms with Crippen molar-refractivity contribution in [2.75, 3.05) is 12.9 Å². The van der Waals surface area contributed by atoms with Crippen molar-refractivity contribution in [1.29, 1.82) is 0 Å². The fourth-order valence-corrected chi connectivity index (χ4v) is 2.29. The number of hydrogen-bond acceptors (Lipinski definition) is 3. The molecule has 2 aromatic rings. The van der Waals surface area contributed by atoms with Gasteiger partial charge in [0.1, 0.15) is 0 Å². The normalized spacial score (nSPS) is 12.1. The molecule has 2 rings (SSSR count). The van der Waals surface area contributed by atoms with E-state index in [-0.39, 0.29) is 5.75 Å². The van der Waals surface area contributed by atoms with E-state index in [9.17, 15) is 8.42 Å². The molecule has 0 aliphatic carbocycles. The summed E-state index contributed by atoms with van der Waals surface area (Å²) < 4.78 is 26.8. The van der Waals surface area contributed by atoms with Crippen LogP contribution in [0.15, 0.2) is 30.5 Å². The molecule has 1 N–H and O–H groups in total. The minimum atomic E-state index is -3.38. The highest BCUT2D eigenvalue weighted by atomic mass is 32.2. The molecule has 86 valence electrons. The summed E-state index contributed by atoms with van der Waals surface area (Å²) in [5, 5.41) is 1.06. The van der Waals surface area contributed by atoms with Crippen molar-refractivity contribution in [3.8, 4) is 0 Å². The van der Waals surface area contributed by atoms with Crippen LogP contribution in [0.1, 0.15) is 5.56 Å².